The summed E-state index contributed by atoms with van der Waals surface area (Å²) in [4.78, 5) is 12.6. The van der Waals surface area contributed by atoms with Crippen molar-refractivity contribution in [1.29, 1.82) is 0 Å². The Bertz CT molecular complexity index is 1080. The minimum Gasteiger partial charge on any atom is -0.375 e. The highest BCUT2D eigenvalue weighted by atomic mass is 35.5. The van der Waals surface area contributed by atoms with Crippen molar-refractivity contribution in [3.8, 4) is 0 Å². The zero-order valence-corrected chi connectivity index (χ0v) is 18.4. The Kier molecular flexibility index (Phi) is 8.06. The summed E-state index contributed by atoms with van der Waals surface area (Å²) in [5, 5.41) is 3.14. The zero-order valence-electron chi connectivity index (χ0n) is 16.8. The molecular formula is C23H23ClN2O4S. The maximum absolute atomic E-state index is 13.2. The van der Waals surface area contributed by atoms with Crippen LogP contribution >= 0.6 is 11.6 Å². The predicted octanol–water partition coefficient (Wildman–Crippen LogP) is 3.87. The summed E-state index contributed by atoms with van der Waals surface area (Å²) in [5.74, 6) is -0.426. The first-order valence-corrected chi connectivity index (χ1v) is 11.5. The molecule has 3 rings (SSSR count). The third-order valence-corrected chi connectivity index (χ3v) is 6.45. The number of para-hydroxylation sites is 1. The molecule has 0 aliphatic carbocycles. The minimum atomic E-state index is -3.95. The van der Waals surface area contributed by atoms with E-state index in [1.807, 2.05) is 30.3 Å². The number of amides is 1. The number of anilines is 1. The largest absolute Gasteiger partial charge is 0.375 e. The molecule has 31 heavy (non-hydrogen) atoms. The highest BCUT2D eigenvalue weighted by Crippen LogP contribution is 2.24. The molecule has 8 heteroatoms. The standard InChI is InChI=1S/C23H23ClN2O4S/c24-20-11-13-22(14-12-20)31(28,29)26(21-9-5-2-6-10-21)17-23(27)25-15-16-30-18-19-7-3-1-4-8-19/h1-14H,15-18H2,(H,25,27). The molecule has 0 aliphatic rings. The molecule has 6 nitrogen and oxygen atoms in total. The van der Waals surface area contributed by atoms with Crippen molar-refractivity contribution >= 4 is 33.2 Å². The number of carbonyl (C=O) groups excluding carboxylic acids is 1. The number of hydrogen-bond donors (Lipinski definition) is 1. The van der Waals surface area contributed by atoms with Crippen LogP contribution in [0.5, 0.6) is 0 Å². The Morgan fingerprint density at radius 1 is 0.903 bits per heavy atom. The topological polar surface area (TPSA) is 75.7 Å². The van der Waals surface area contributed by atoms with Gasteiger partial charge in [-0.25, -0.2) is 8.42 Å². The molecule has 0 saturated carbocycles. The van der Waals surface area contributed by atoms with Gasteiger partial charge in [0.25, 0.3) is 10.0 Å². The first-order chi connectivity index (χ1) is 15.0. The van der Waals surface area contributed by atoms with Crippen LogP contribution in [0.2, 0.25) is 5.02 Å². The maximum Gasteiger partial charge on any atom is 0.264 e. The predicted molar refractivity (Wildman–Crippen MR) is 122 cm³/mol. The first kappa shape index (κ1) is 22.8. The third kappa shape index (κ3) is 6.55. The van der Waals surface area contributed by atoms with Crippen molar-refractivity contribution in [2.75, 3.05) is 24.0 Å². The molecule has 0 bridgehead atoms. The molecule has 0 unspecified atom stereocenters. The lowest BCUT2D eigenvalue weighted by Crippen LogP contribution is -2.41. The Labute approximate surface area is 187 Å². The summed E-state index contributed by atoms with van der Waals surface area (Å²) in [7, 11) is -3.95. The van der Waals surface area contributed by atoms with Crippen molar-refractivity contribution in [2.24, 2.45) is 0 Å². The molecule has 3 aromatic rings. The van der Waals surface area contributed by atoms with Crippen LogP contribution in [0.15, 0.2) is 89.8 Å². The van der Waals surface area contributed by atoms with Crippen molar-refractivity contribution in [3.63, 3.8) is 0 Å². The number of rotatable bonds is 10. The fourth-order valence-electron chi connectivity index (χ4n) is 2.86. The van der Waals surface area contributed by atoms with Gasteiger partial charge in [0.15, 0.2) is 0 Å². The Morgan fingerprint density at radius 3 is 2.16 bits per heavy atom. The second kappa shape index (κ2) is 10.9. The second-order valence-corrected chi connectivity index (χ2v) is 8.99. The van der Waals surface area contributed by atoms with Gasteiger partial charge in [0.05, 0.1) is 23.8 Å². The lowest BCUT2D eigenvalue weighted by molar-refractivity contribution is -0.119. The summed E-state index contributed by atoms with van der Waals surface area (Å²) >= 11 is 5.88. The quantitative estimate of drug-likeness (QED) is 0.468. The molecular weight excluding hydrogens is 436 g/mol. The average molecular weight is 459 g/mol. The summed E-state index contributed by atoms with van der Waals surface area (Å²) in [6.07, 6.45) is 0. The number of hydrogen-bond acceptors (Lipinski definition) is 4. The summed E-state index contributed by atoms with van der Waals surface area (Å²) in [6.45, 7) is 0.677. The molecule has 0 aliphatic heterocycles. The maximum atomic E-state index is 13.2. The molecule has 1 amide bonds. The van der Waals surface area contributed by atoms with Crippen LogP contribution in [-0.4, -0.2) is 34.0 Å². The van der Waals surface area contributed by atoms with E-state index in [2.05, 4.69) is 5.32 Å². The van der Waals surface area contributed by atoms with Gasteiger partial charge in [-0.15, -0.1) is 0 Å². The van der Waals surface area contributed by atoms with Crippen molar-refractivity contribution in [3.05, 3.63) is 95.5 Å². The van der Waals surface area contributed by atoms with Gasteiger partial charge in [-0.3, -0.25) is 9.10 Å². The highest BCUT2D eigenvalue weighted by Gasteiger charge is 2.27. The number of carbonyl (C=O) groups is 1. The Morgan fingerprint density at radius 2 is 1.52 bits per heavy atom. The minimum absolute atomic E-state index is 0.0553. The number of nitrogens with one attached hydrogen (secondary N) is 1. The molecule has 1 N–H and O–H groups in total. The van der Waals surface area contributed by atoms with Crippen molar-refractivity contribution in [1.82, 2.24) is 5.32 Å². The first-order valence-electron chi connectivity index (χ1n) is 9.68. The van der Waals surface area contributed by atoms with E-state index in [9.17, 15) is 13.2 Å². The van der Waals surface area contributed by atoms with Crippen LogP contribution in [0.25, 0.3) is 0 Å². The molecule has 3 aromatic carbocycles. The van der Waals surface area contributed by atoms with E-state index in [0.717, 1.165) is 9.87 Å². The lowest BCUT2D eigenvalue weighted by Gasteiger charge is -2.24. The van der Waals surface area contributed by atoms with Gasteiger partial charge >= 0.3 is 0 Å². The van der Waals surface area contributed by atoms with E-state index < -0.39 is 15.9 Å². The fraction of sp³-hybridized carbons (Fsp3) is 0.174. The van der Waals surface area contributed by atoms with Crippen molar-refractivity contribution in [2.45, 2.75) is 11.5 Å². The van der Waals surface area contributed by atoms with Gasteiger partial charge < -0.3 is 10.1 Å². The molecule has 0 fully saturated rings. The van der Waals surface area contributed by atoms with Crippen LogP contribution in [0.4, 0.5) is 5.69 Å². The van der Waals surface area contributed by atoms with Crippen LogP contribution in [-0.2, 0) is 26.2 Å². The molecule has 162 valence electrons. The van der Waals surface area contributed by atoms with Gasteiger partial charge in [-0.05, 0) is 42.0 Å². The summed E-state index contributed by atoms with van der Waals surface area (Å²) < 4.78 is 33.0. The van der Waals surface area contributed by atoms with E-state index in [1.165, 1.54) is 24.3 Å². The highest BCUT2D eigenvalue weighted by molar-refractivity contribution is 7.92. The summed E-state index contributed by atoms with van der Waals surface area (Å²) in [6, 6.07) is 24.0. The SMILES string of the molecule is O=C(CN(c1ccccc1)S(=O)(=O)c1ccc(Cl)cc1)NCCOCc1ccccc1. The van der Waals surface area contributed by atoms with E-state index in [4.69, 9.17) is 16.3 Å². The molecule has 0 spiro atoms. The van der Waals surface area contributed by atoms with Crippen LogP contribution in [0, 0.1) is 0 Å². The van der Waals surface area contributed by atoms with Gasteiger partial charge in [-0.2, -0.15) is 0 Å². The monoisotopic (exact) mass is 458 g/mol. The van der Waals surface area contributed by atoms with E-state index in [0.29, 0.717) is 23.9 Å². The number of benzene rings is 3. The zero-order chi connectivity index (χ0) is 22.1. The van der Waals surface area contributed by atoms with Gasteiger partial charge in [0, 0.05) is 11.6 Å². The number of sulfonamides is 1. The van der Waals surface area contributed by atoms with Crippen molar-refractivity contribution < 1.29 is 17.9 Å². The van der Waals surface area contributed by atoms with Gasteiger partial charge in [-0.1, -0.05) is 60.1 Å². The average Bonchev–Trinajstić information content (AvgIpc) is 2.79. The van der Waals surface area contributed by atoms with Gasteiger partial charge in [0.1, 0.15) is 6.54 Å². The summed E-state index contributed by atoms with van der Waals surface area (Å²) in [5.41, 5.74) is 1.44. The molecule has 0 atom stereocenters. The van der Waals surface area contributed by atoms with E-state index in [-0.39, 0.29) is 18.0 Å². The van der Waals surface area contributed by atoms with E-state index >= 15 is 0 Å². The molecule has 0 heterocycles. The van der Waals surface area contributed by atoms with Crippen LogP contribution < -0.4 is 9.62 Å². The molecule has 0 saturated heterocycles. The normalized spacial score (nSPS) is 11.1. The van der Waals surface area contributed by atoms with E-state index in [1.54, 1.807) is 30.3 Å². The Balaban J connectivity index is 1.62. The Hall–Kier alpha value is -2.87. The van der Waals surface area contributed by atoms with Crippen LogP contribution in [0.3, 0.4) is 0 Å². The number of ether oxygens (including phenoxy) is 1. The number of halogens is 1. The van der Waals surface area contributed by atoms with Crippen LogP contribution in [0.1, 0.15) is 5.56 Å². The second-order valence-electron chi connectivity index (χ2n) is 6.69. The fourth-order valence-corrected chi connectivity index (χ4v) is 4.40. The molecule has 0 radical (unpaired) electrons. The number of nitrogens with zero attached hydrogens (tertiary/aromatic N) is 1. The van der Waals surface area contributed by atoms with Gasteiger partial charge in [0.2, 0.25) is 5.91 Å². The molecule has 0 aromatic heterocycles. The smallest absolute Gasteiger partial charge is 0.264 e. The lowest BCUT2D eigenvalue weighted by atomic mass is 10.2. The third-order valence-electron chi connectivity index (χ3n) is 4.41.